The van der Waals surface area contributed by atoms with E-state index in [0.29, 0.717) is 12.0 Å². The lowest BCUT2D eigenvalue weighted by Crippen LogP contribution is -2.64. The Bertz CT molecular complexity index is 913. The largest absolute Gasteiger partial charge is 0.490 e. The average Bonchev–Trinajstić information content (AvgIpc) is 3.26. The zero-order valence-corrected chi connectivity index (χ0v) is 23.6. The molecule has 2 aliphatic carbocycles. The Balaban J connectivity index is 1.04. The van der Waals surface area contributed by atoms with Crippen molar-refractivity contribution in [1.82, 2.24) is 4.90 Å². The fraction of sp³-hybridized carbons (Fsp3) is 0.758. The van der Waals surface area contributed by atoms with Crippen molar-refractivity contribution >= 4 is 0 Å². The molecule has 0 saturated carbocycles. The van der Waals surface area contributed by atoms with Crippen LogP contribution in [0.25, 0.3) is 0 Å². The number of aliphatic hydroxyl groups excluding tert-OH is 1. The number of unbranched alkanes of at least 4 members (excludes halogenated alkanes) is 13. The molecule has 2 bridgehead atoms. The molecule has 1 spiro atoms. The molecule has 4 heteroatoms. The normalized spacial score (nSPS) is 29.3. The quantitative estimate of drug-likeness (QED) is 0.187. The van der Waals surface area contributed by atoms with Gasteiger partial charge in [0.05, 0.1) is 6.61 Å². The van der Waals surface area contributed by atoms with E-state index in [4.69, 9.17) is 9.47 Å². The van der Waals surface area contributed by atoms with Gasteiger partial charge in [0.2, 0.25) is 0 Å². The number of hydrogen-bond donors (Lipinski definition) is 1. The van der Waals surface area contributed by atoms with Crippen LogP contribution in [0.2, 0.25) is 0 Å². The molecular weight excluding hydrogens is 458 g/mol. The first-order valence-electron chi connectivity index (χ1n) is 15.7. The van der Waals surface area contributed by atoms with Crippen molar-refractivity contribution in [3.63, 3.8) is 0 Å². The van der Waals surface area contributed by atoms with Gasteiger partial charge in [-0.2, -0.15) is 0 Å². The molecule has 1 aromatic carbocycles. The number of benzene rings is 1. The minimum atomic E-state index is -0.544. The number of aliphatic hydroxyl groups is 1. The number of nitrogens with zero attached hydrogens (tertiary/aromatic N) is 1. The molecule has 1 aromatic rings. The average molecular weight is 510 g/mol. The number of hydrogen-bond acceptors (Lipinski definition) is 4. The van der Waals surface area contributed by atoms with Crippen LogP contribution in [0.4, 0.5) is 0 Å². The van der Waals surface area contributed by atoms with Gasteiger partial charge in [-0.05, 0) is 44.5 Å². The maximum atomic E-state index is 10.9. The van der Waals surface area contributed by atoms with Gasteiger partial charge in [-0.15, -0.1) is 0 Å². The highest BCUT2D eigenvalue weighted by molar-refractivity contribution is 5.62. The highest BCUT2D eigenvalue weighted by Crippen LogP contribution is 2.62. The molecule has 2 heterocycles. The Kier molecular flexibility index (Phi) is 9.18. The van der Waals surface area contributed by atoms with Crippen molar-refractivity contribution < 1.29 is 14.6 Å². The molecule has 37 heavy (non-hydrogen) atoms. The van der Waals surface area contributed by atoms with Crippen molar-refractivity contribution in [3.05, 3.63) is 35.4 Å². The first kappa shape index (κ1) is 27.1. The second-order valence-corrected chi connectivity index (χ2v) is 12.4. The summed E-state index contributed by atoms with van der Waals surface area (Å²) in [7, 11) is 2.25. The molecule has 4 aliphatic rings. The van der Waals surface area contributed by atoms with Gasteiger partial charge in [-0.1, -0.05) is 109 Å². The summed E-state index contributed by atoms with van der Waals surface area (Å²) in [6.07, 6.45) is 24.8. The second kappa shape index (κ2) is 12.6. The highest BCUT2D eigenvalue weighted by Gasteiger charge is 2.64. The summed E-state index contributed by atoms with van der Waals surface area (Å²) in [6, 6.07) is 4.89. The third-order valence-electron chi connectivity index (χ3n) is 9.89. The number of piperidine rings is 1. The lowest BCUT2D eigenvalue weighted by molar-refractivity contribution is -0.0454. The molecule has 0 radical (unpaired) electrons. The summed E-state index contributed by atoms with van der Waals surface area (Å²) < 4.78 is 12.9. The van der Waals surface area contributed by atoms with E-state index >= 15 is 0 Å². The van der Waals surface area contributed by atoms with Gasteiger partial charge in [0, 0.05) is 22.9 Å². The molecular formula is C33H51NO3. The SMILES string of the molecule is CCCCCCCCCCCCCCCCOc1ccc2c3c1O[C@H]1[C@@H](O)C=C[C@H]4[C@@H](C2)N(C)CC[C@@]341. The van der Waals surface area contributed by atoms with Crippen LogP contribution in [0, 0.1) is 5.92 Å². The second-order valence-electron chi connectivity index (χ2n) is 12.4. The van der Waals surface area contributed by atoms with Crippen molar-refractivity contribution in [2.75, 3.05) is 20.2 Å². The lowest BCUT2D eigenvalue weighted by atomic mass is 9.53. The van der Waals surface area contributed by atoms with E-state index in [1.54, 1.807) is 0 Å². The minimum absolute atomic E-state index is 0.0946. The molecule has 1 N–H and O–H groups in total. The maximum Gasteiger partial charge on any atom is 0.165 e. The molecule has 5 rings (SSSR count). The van der Waals surface area contributed by atoms with E-state index in [2.05, 4.69) is 37.1 Å². The molecule has 1 saturated heterocycles. The molecule has 0 aromatic heterocycles. The third kappa shape index (κ3) is 5.48. The van der Waals surface area contributed by atoms with Crippen LogP contribution < -0.4 is 9.47 Å². The van der Waals surface area contributed by atoms with Crippen LogP contribution in [-0.4, -0.2) is 48.5 Å². The molecule has 5 atom stereocenters. The van der Waals surface area contributed by atoms with Crippen LogP contribution >= 0.6 is 0 Å². The summed E-state index contributed by atoms with van der Waals surface area (Å²) in [5.41, 5.74) is 2.66. The highest BCUT2D eigenvalue weighted by atomic mass is 16.5. The number of ether oxygens (including phenoxy) is 2. The van der Waals surface area contributed by atoms with E-state index in [1.807, 2.05) is 6.08 Å². The fourth-order valence-corrected chi connectivity index (χ4v) is 7.82. The Labute approximate surface area is 225 Å². The van der Waals surface area contributed by atoms with Crippen LogP contribution in [-0.2, 0) is 11.8 Å². The summed E-state index contributed by atoms with van der Waals surface area (Å²) in [5, 5.41) is 10.9. The molecule has 206 valence electrons. The Morgan fingerprint density at radius 3 is 2.24 bits per heavy atom. The van der Waals surface area contributed by atoms with Crippen molar-refractivity contribution in [2.24, 2.45) is 5.92 Å². The third-order valence-corrected chi connectivity index (χ3v) is 9.89. The van der Waals surface area contributed by atoms with Gasteiger partial charge in [-0.3, -0.25) is 0 Å². The van der Waals surface area contributed by atoms with Crippen LogP contribution in [0.5, 0.6) is 11.5 Å². The van der Waals surface area contributed by atoms with Crippen LogP contribution in [0.1, 0.15) is 114 Å². The van der Waals surface area contributed by atoms with Gasteiger partial charge in [0.15, 0.2) is 11.5 Å². The number of likely N-dealkylation sites (N-methyl/N-ethyl adjacent to an activating group) is 1. The predicted molar refractivity (Wildman–Crippen MR) is 152 cm³/mol. The van der Waals surface area contributed by atoms with Gasteiger partial charge in [0.1, 0.15) is 12.2 Å². The fourth-order valence-electron chi connectivity index (χ4n) is 7.82. The Morgan fingerprint density at radius 2 is 1.57 bits per heavy atom. The summed E-state index contributed by atoms with van der Waals surface area (Å²) in [5.74, 6) is 2.23. The first-order valence-corrected chi connectivity index (χ1v) is 15.7. The summed E-state index contributed by atoms with van der Waals surface area (Å²) >= 11 is 0. The van der Waals surface area contributed by atoms with Crippen LogP contribution in [0.3, 0.4) is 0 Å². The van der Waals surface area contributed by atoms with Crippen LogP contribution in [0.15, 0.2) is 24.3 Å². The van der Waals surface area contributed by atoms with Crippen molar-refractivity contribution in [1.29, 1.82) is 0 Å². The molecule has 4 nitrogen and oxygen atoms in total. The Morgan fingerprint density at radius 1 is 0.919 bits per heavy atom. The summed E-state index contributed by atoms with van der Waals surface area (Å²) in [4.78, 5) is 2.51. The standard InChI is InChI=1S/C33H51NO3/c1-3-4-5-6-7-8-9-10-11-12-13-14-15-16-23-36-29-20-17-25-24-27-26-18-19-28(35)32-33(26,21-22-34(27)2)30(25)31(29)37-32/h17-20,26-28,32,35H,3-16,21-24H2,1-2H3/t26-,27+,28-,32-,33-/m0/s1. The van der Waals surface area contributed by atoms with E-state index < -0.39 is 6.10 Å². The smallest absolute Gasteiger partial charge is 0.165 e. The maximum absolute atomic E-state index is 10.9. The Hall–Kier alpha value is -1.52. The van der Waals surface area contributed by atoms with E-state index in [1.165, 1.54) is 94.6 Å². The predicted octanol–water partition coefficient (Wildman–Crippen LogP) is 7.35. The topological polar surface area (TPSA) is 41.9 Å². The zero-order chi connectivity index (χ0) is 25.7. The number of rotatable bonds is 16. The molecule has 2 aliphatic heterocycles. The first-order chi connectivity index (χ1) is 18.2. The van der Waals surface area contributed by atoms with E-state index in [9.17, 15) is 5.11 Å². The zero-order valence-electron chi connectivity index (χ0n) is 23.6. The van der Waals surface area contributed by atoms with Gasteiger partial charge in [-0.25, -0.2) is 0 Å². The van der Waals surface area contributed by atoms with E-state index in [0.717, 1.165) is 43.9 Å². The van der Waals surface area contributed by atoms with Gasteiger partial charge in [0.25, 0.3) is 0 Å². The minimum Gasteiger partial charge on any atom is -0.490 e. The van der Waals surface area contributed by atoms with Crippen molar-refractivity contribution in [3.8, 4) is 11.5 Å². The lowest BCUT2D eigenvalue weighted by Gasteiger charge is -2.56. The van der Waals surface area contributed by atoms with Crippen molar-refractivity contribution in [2.45, 2.75) is 133 Å². The van der Waals surface area contributed by atoms with Gasteiger partial charge < -0.3 is 19.5 Å². The van der Waals surface area contributed by atoms with Gasteiger partial charge >= 0.3 is 0 Å². The monoisotopic (exact) mass is 509 g/mol. The summed E-state index contributed by atoms with van der Waals surface area (Å²) in [6.45, 7) is 4.10. The van der Waals surface area contributed by atoms with E-state index in [-0.39, 0.29) is 11.5 Å². The molecule has 1 fully saturated rings. The molecule has 0 amide bonds. The molecule has 0 unspecified atom stereocenters. The number of likely N-dealkylation sites (tertiary alicyclic amines) is 1.